The molecule has 1 aliphatic rings. The van der Waals surface area contributed by atoms with E-state index in [1.165, 1.54) is 13.2 Å². The standard InChI is InChI=1S/C23H22N2O6S/c1-28-16-5-7-19(18(12-16)23(24)27)31-14-22(26)25(13-17-3-2-10-32-17)15-4-6-20-21(11-15)30-9-8-29-20/h2-7,10-12H,8-9,13-14H2,1H3,(H2,24,27). The molecule has 1 aliphatic heterocycles. The number of hydrogen-bond donors (Lipinski definition) is 1. The van der Waals surface area contributed by atoms with Crippen molar-refractivity contribution in [3.05, 3.63) is 64.4 Å². The van der Waals surface area contributed by atoms with E-state index in [-0.39, 0.29) is 23.8 Å². The van der Waals surface area contributed by atoms with Gasteiger partial charge in [0.05, 0.1) is 19.2 Å². The molecule has 0 radical (unpaired) electrons. The van der Waals surface area contributed by atoms with Gasteiger partial charge < -0.3 is 29.6 Å². The first kappa shape index (κ1) is 21.5. The summed E-state index contributed by atoms with van der Waals surface area (Å²) in [7, 11) is 1.49. The summed E-state index contributed by atoms with van der Waals surface area (Å²) in [4.78, 5) is 27.6. The fraction of sp³-hybridized carbons (Fsp3) is 0.217. The normalized spacial score (nSPS) is 12.2. The summed E-state index contributed by atoms with van der Waals surface area (Å²) in [5.74, 6) is 0.946. The third-order valence-electron chi connectivity index (χ3n) is 4.84. The number of nitrogens with two attached hydrogens (primary N) is 1. The van der Waals surface area contributed by atoms with E-state index in [9.17, 15) is 9.59 Å². The third kappa shape index (κ3) is 4.78. The minimum absolute atomic E-state index is 0.140. The van der Waals surface area contributed by atoms with Gasteiger partial charge in [0, 0.05) is 16.6 Å². The van der Waals surface area contributed by atoms with Gasteiger partial charge in [0.1, 0.15) is 24.7 Å². The lowest BCUT2D eigenvalue weighted by atomic mass is 10.2. The minimum atomic E-state index is -0.673. The number of carbonyl (C=O) groups is 2. The highest BCUT2D eigenvalue weighted by atomic mass is 32.1. The molecule has 0 saturated carbocycles. The Morgan fingerprint density at radius 3 is 2.62 bits per heavy atom. The van der Waals surface area contributed by atoms with E-state index in [0.717, 1.165) is 4.88 Å². The predicted octanol–water partition coefficient (Wildman–Crippen LogP) is 3.24. The van der Waals surface area contributed by atoms with Crippen LogP contribution >= 0.6 is 11.3 Å². The second kappa shape index (κ2) is 9.61. The monoisotopic (exact) mass is 454 g/mol. The molecule has 2 amide bonds. The van der Waals surface area contributed by atoms with Crippen molar-refractivity contribution in [3.63, 3.8) is 0 Å². The van der Waals surface area contributed by atoms with Crippen LogP contribution in [0.25, 0.3) is 0 Å². The number of thiophene rings is 1. The molecule has 1 aromatic heterocycles. The van der Waals surface area contributed by atoms with Crippen LogP contribution in [0.1, 0.15) is 15.2 Å². The first-order chi connectivity index (χ1) is 15.5. The number of primary amides is 1. The largest absolute Gasteiger partial charge is 0.497 e. The molecule has 2 N–H and O–H groups in total. The Morgan fingerprint density at radius 1 is 1.09 bits per heavy atom. The Bertz CT molecular complexity index is 1120. The lowest BCUT2D eigenvalue weighted by Crippen LogP contribution is -2.34. The minimum Gasteiger partial charge on any atom is -0.497 e. The van der Waals surface area contributed by atoms with Gasteiger partial charge in [0.25, 0.3) is 11.8 Å². The van der Waals surface area contributed by atoms with Crippen molar-refractivity contribution in [1.29, 1.82) is 0 Å². The van der Waals surface area contributed by atoms with Gasteiger partial charge in [-0.05, 0) is 41.8 Å². The highest BCUT2D eigenvalue weighted by molar-refractivity contribution is 7.09. The smallest absolute Gasteiger partial charge is 0.265 e. The van der Waals surface area contributed by atoms with Crippen LogP contribution in [0, 0.1) is 0 Å². The van der Waals surface area contributed by atoms with Gasteiger partial charge in [0.2, 0.25) is 0 Å². The fourth-order valence-corrected chi connectivity index (χ4v) is 3.95. The number of carbonyl (C=O) groups excluding carboxylic acids is 2. The number of ether oxygens (including phenoxy) is 4. The van der Waals surface area contributed by atoms with Crippen LogP contribution in [0.15, 0.2) is 53.9 Å². The van der Waals surface area contributed by atoms with Crippen molar-refractivity contribution in [2.24, 2.45) is 5.73 Å². The Labute approximate surface area is 189 Å². The van der Waals surface area contributed by atoms with Crippen LogP contribution in [-0.2, 0) is 11.3 Å². The van der Waals surface area contributed by atoms with Crippen molar-refractivity contribution >= 4 is 28.8 Å². The lowest BCUT2D eigenvalue weighted by molar-refractivity contribution is -0.120. The van der Waals surface area contributed by atoms with Crippen molar-refractivity contribution in [3.8, 4) is 23.0 Å². The molecule has 0 aliphatic carbocycles. The number of hydrogen-bond acceptors (Lipinski definition) is 7. The number of amides is 2. The molecule has 0 atom stereocenters. The molecule has 8 nitrogen and oxygen atoms in total. The zero-order chi connectivity index (χ0) is 22.5. The maximum Gasteiger partial charge on any atom is 0.265 e. The second-order valence-corrected chi connectivity index (χ2v) is 7.93. The van der Waals surface area contributed by atoms with Crippen LogP contribution in [0.5, 0.6) is 23.0 Å². The SMILES string of the molecule is COc1ccc(OCC(=O)N(Cc2cccs2)c2ccc3c(c2)OCCO3)c(C(N)=O)c1. The Kier molecular flexibility index (Phi) is 6.46. The van der Waals surface area contributed by atoms with Gasteiger partial charge in [-0.2, -0.15) is 0 Å². The Balaban J connectivity index is 1.57. The summed E-state index contributed by atoms with van der Waals surface area (Å²) in [6.45, 7) is 1.02. The van der Waals surface area contributed by atoms with Gasteiger partial charge in [-0.1, -0.05) is 6.07 Å². The van der Waals surface area contributed by atoms with Gasteiger partial charge in [-0.3, -0.25) is 9.59 Å². The zero-order valence-electron chi connectivity index (χ0n) is 17.4. The maximum absolute atomic E-state index is 13.2. The van der Waals surface area contributed by atoms with Gasteiger partial charge in [-0.25, -0.2) is 0 Å². The summed E-state index contributed by atoms with van der Waals surface area (Å²) in [6, 6.07) is 13.9. The maximum atomic E-state index is 13.2. The van der Waals surface area contributed by atoms with Crippen molar-refractivity contribution < 1.29 is 28.5 Å². The van der Waals surface area contributed by atoms with E-state index in [1.807, 2.05) is 17.5 Å². The highest BCUT2D eigenvalue weighted by Gasteiger charge is 2.22. The molecule has 166 valence electrons. The van der Waals surface area contributed by atoms with E-state index in [1.54, 1.807) is 46.6 Å². The van der Waals surface area contributed by atoms with E-state index in [4.69, 9.17) is 24.7 Å². The van der Waals surface area contributed by atoms with Crippen molar-refractivity contribution in [1.82, 2.24) is 0 Å². The molecule has 32 heavy (non-hydrogen) atoms. The summed E-state index contributed by atoms with van der Waals surface area (Å²) in [5, 5.41) is 1.95. The van der Waals surface area contributed by atoms with Crippen LogP contribution in [0.2, 0.25) is 0 Å². The number of anilines is 1. The number of nitrogens with zero attached hydrogens (tertiary/aromatic N) is 1. The van der Waals surface area contributed by atoms with Crippen molar-refractivity contribution in [2.75, 3.05) is 31.8 Å². The summed E-state index contributed by atoms with van der Waals surface area (Å²) < 4.78 is 22.1. The number of benzene rings is 2. The van der Waals surface area contributed by atoms with E-state index in [0.29, 0.717) is 42.7 Å². The van der Waals surface area contributed by atoms with Crippen LogP contribution in [0.4, 0.5) is 5.69 Å². The van der Waals surface area contributed by atoms with Crippen LogP contribution in [-0.4, -0.2) is 38.7 Å². The third-order valence-corrected chi connectivity index (χ3v) is 5.70. The molecule has 2 heterocycles. The average molecular weight is 455 g/mol. The molecule has 9 heteroatoms. The van der Waals surface area contributed by atoms with Gasteiger partial charge >= 0.3 is 0 Å². The van der Waals surface area contributed by atoms with E-state index < -0.39 is 5.91 Å². The molecular weight excluding hydrogens is 432 g/mol. The molecule has 3 aromatic rings. The molecular formula is C23H22N2O6S. The Morgan fingerprint density at radius 2 is 1.91 bits per heavy atom. The number of rotatable bonds is 8. The molecule has 2 aromatic carbocycles. The fourth-order valence-electron chi connectivity index (χ4n) is 3.25. The molecule has 0 saturated heterocycles. The first-order valence-electron chi connectivity index (χ1n) is 9.88. The van der Waals surface area contributed by atoms with Crippen LogP contribution in [0.3, 0.4) is 0 Å². The number of fused-ring (bicyclic) bond motifs is 1. The predicted molar refractivity (Wildman–Crippen MR) is 120 cm³/mol. The summed E-state index contributed by atoms with van der Waals surface area (Å²) >= 11 is 1.55. The van der Waals surface area contributed by atoms with E-state index >= 15 is 0 Å². The molecule has 0 bridgehead atoms. The van der Waals surface area contributed by atoms with Gasteiger partial charge in [0.15, 0.2) is 18.1 Å². The summed E-state index contributed by atoms with van der Waals surface area (Å²) in [6.07, 6.45) is 0. The average Bonchev–Trinajstić information content (AvgIpc) is 3.34. The highest BCUT2D eigenvalue weighted by Crippen LogP contribution is 2.35. The van der Waals surface area contributed by atoms with Crippen molar-refractivity contribution in [2.45, 2.75) is 6.54 Å². The van der Waals surface area contributed by atoms with Crippen LogP contribution < -0.4 is 29.6 Å². The quantitative estimate of drug-likeness (QED) is 0.561. The van der Waals surface area contributed by atoms with Gasteiger partial charge in [-0.15, -0.1) is 11.3 Å². The molecule has 0 spiro atoms. The number of methoxy groups -OCH3 is 1. The molecule has 0 unspecified atom stereocenters. The molecule has 0 fully saturated rings. The topological polar surface area (TPSA) is 100 Å². The first-order valence-corrected chi connectivity index (χ1v) is 10.8. The van der Waals surface area contributed by atoms with E-state index in [2.05, 4.69) is 0 Å². The molecule has 4 rings (SSSR count). The zero-order valence-corrected chi connectivity index (χ0v) is 18.2. The Hall–Kier alpha value is -3.72. The summed E-state index contributed by atoms with van der Waals surface area (Å²) in [5.41, 5.74) is 6.25. The second-order valence-electron chi connectivity index (χ2n) is 6.90. The lowest BCUT2D eigenvalue weighted by Gasteiger charge is -2.25.